The fourth-order valence-electron chi connectivity index (χ4n) is 2.10. The van der Waals surface area contributed by atoms with Crippen molar-refractivity contribution in [2.75, 3.05) is 6.54 Å². The Hall–Kier alpha value is -1.75. The van der Waals surface area contributed by atoms with Gasteiger partial charge in [-0.2, -0.15) is 0 Å². The maximum absolute atomic E-state index is 12.1. The zero-order chi connectivity index (χ0) is 13.3. The minimum absolute atomic E-state index is 0.138. The van der Waals surface area contributed by atoms with E-state index in [0.29, 0.717) is 12.5 Å². The lowest BCUT2D eigenvalue weighted by molar-refractivity contribution is 0.0897. The molecule has 1 saturated carbocycles. The summed E-state index contributed by atoms with van der Waals surface area (Å²) in [5, 5.41) is 21.6. The van der Waals surface area contributed by atoms with Gasteiger partial charge in [-0.25, -0.2) is 0 Å². The molecule has 1 atom stereocenters. The average molecular weight is 250 g/mol. The van der Waals surface area contributed by atoms with Gasteiger partial charge in [-0.15, -0.1) is 0 Å². The van der Waals surface area contributed by atoms with Gasteiger partial charge in [0.15, 0.2) is 0 Å². The van der Waals surface area contributed by atoms with Crippen LogP contribution in [0.5, 0.6) is 11.5 Å². The highest BCUT2D eigenvalue weighted by atomic mass is 16.3. The molecular weight excluding hydrogens is 232 g/mol. The third-order valence-corrected chi connectivity index (χ3v) is 3.47. The van der Waals surface area contributed by atoms with E-state index in [1.54, 1.807) is 0 Å². The molecule has 0 heterocycles. The molecule has 5 nitrogen and oxygen atoms in total. The van der Waals surface area contributed by atoms with Crippen molar-refractivity contribution in [1.29, 1.82) is 0 Å². The monoisotopic (exact) mass is 250 g/mol. The first-order chi connectivity index (χ1) is 8.44. The largest absolute Gasteiger partial charge is 0.508 e. The third kappa shape index (κ3) is 2.56. The Balaban J connectivity index is 2.16. The molecule has 5 heteroatoms. The molecule has 1 aliphatic carbocycles. The lowest BCUT2D eigenvalue weighted by Gasteiger charge is -2.29. The molecule has 2 rings (SSSR count). The number of hydrogen-bond donors (Lipinski definition) is 4. The van der Waals surface area contributed by atoms with Gasteiger partial charge in [0.1, 0.15) is 11.5 Å². The van der Waals surface area contributed by atoms with E-state index in [1.165, 1.54) is 18.2 Å². The maximum atomic E-state index is 12.1. The first kappa shape index (κ1) is 12.7. The van der Waals surface area contributed by atoms with E-state index >= 15 is 0 Å². The van der Waals surface area contributed by atoms with Crippen molar-refractivity contribution in [1.82, 2.24) is 5.32 Å². The van der Waals surface area contributed by atoms with Gasteiger partial charge in [0.2, 0.25) is 0 Å². The van der Waals surface area contributed by atoms with Gasteiger partial charge in [-0.1, -0.05) is 0 Å². The predicted octanol–water partition coefficient (Wildman–Crippen LogP) is 0.955. The molecule has 0 radical (unpaired) electrons. The molecule has 1 aromatic rings. The summed E-state index contributed by atoms with van der Waals surface area (Å²) < 4.78 is 0. The zero-order valence-corrected chi connectivity index (χ0v) is 10.3. The number of carbonyl (C=O) groups is 1. The van der Waals surface area contributed by atoms with E-state index in [1.807, 2.05) is 6.92 Å². The lowest BCUT2D eigenvalue weighted by Crippen LogP contribution is -2.53. The number of phenolic OH excluding ortho intramolecular Hbond substituents is 2. The molecule has 0 bridgehead atoms. The van der Waals surface area contributed by atoms with Crippen molar-refractivity contribution in [3.05, 3.63) is 23.8 Å². The van der Waals surface area contributed by atoms with Crippen LogP contribution in [0.3, 0.4) is 0 Å². The van der Waals surface area contributed by atoms with Crippen LogP contribution in [-0.2, 0) is 0 Å². The summed E-state index contributed by atoms with van der Waals surface area (Å²) in [5.74, 6) is -0.194. The molecule has 0 aromatic heterocycles. The normalized spacial score (nSPS) is 18.1. The highest BCUT2D eigenvalue weighted by Crippen LogP contribution is 2.39. The second kappa shape index (κ2) is 4.49. The summed E-state index contributed by atoms with van der Waals surface area (Å²) in [6.07, 6.45) is 2.14. The van der Waals surface area contributed by atoms with Gasteiger partial charge in [0.05, 0.1) is 5.54 Å². The Morgan fingerprint density at radius 3 is 2.39 bits per heavy atom. The molecule has 98 valence electrons. The Kier molecular flexibility index (Phi) is 3.17. The molecule has 18 heavy (non-hydrogen) atoms. The van der Waals surface area contributed by atoms with Gasteiger partial charge in [0.25, 0.3) is 5.91 Å². The standard InChI is InChI=1S/C13H18N2O3/c1-13(7-14,9-2-3-9)15-12(18)8-4-10(16)6-11(17)5-8/h4-6,9,16-17H,2-3,7,14H2,1H3,(H,15,18). The summed E-state index contributed by atoms with van der Waals surface area (Å²) >= 11 is 0. The second-order valence-electron chi connectivity index (χ2n) is 5.09. The van der Waals surface area contributed by atoms with E-state index in [9.17, 15) is 15.0 Å². The van der Waals surface area contributed by atoms with Crippen LogP contribution in [0.15, 0.2) is 18.2 Å². The van der Waals surface area contributed by atoms with E-state index in [0.717, 1.165) is 12.8 Å². The minimum atomic E-state index is -0.418. The molecule has 5 N–H and O–H groups in total. The minimum Gasteiger partial charge on any atom is -0.508 e. The lowest BCUT2D eigenvalue weighted by atomic mass is 9.95. The zero-order valence-electron chi connectivity index (χ0n) is 10.3. The summed E-state index contributed by atoms with van der Waals surface area (Å²) in [5.41, 5.74) is 5.53. The van der Waals surface area contributed by atoms with Crippen LogP contribution in [0.4, 0.5) is 0 Å². The van der Waals surface area contributed by atoms with Crippen molar-refractivity contribution in [3.8, 4) is 11.5 Å². The van der Waals surface area contributed by atoms with Gasteiger partial charge >= 0.3 is 0 Å². The molecule has 1 fully saturated rings. The van der Waals surface area contributed by atoms with Crippen molar-refractivity contribution < 1.29 is 15.0 Å². The molecule has 1 aliphatic rings. The highest BCUT2D eigenvalue weighted by molar-refractivity contribution is 5.95. The van der Waals surface area contributed by atoms with Crippen LogP contribution in [0, 0.1) is 5.92 Å². The number of nitrogens with one attached hydrogen (secondary N) is 1. The maximum Gasteiger partial charge on any atom is 0.252 e. The number of phenols is 2. The van der Waals surface area contributed by atoms with Gasteiger partial charge in [-0.3, -0.25) is 4.79 Å². The number of carbonyl (C=O) groups excluding carboxylic acids is 1. The van der Waals surface area contributed by atoms with E-state index in [4.69, 9.17) is 5.73 Å². The van der Waals surface area contributed by atoms with E-state index < -0.39 is 5.54 Å². The van der Waals surface area contributed by atoms with Gasteiger partial charge < -0.3 is 21.3 Å². The third-order valence-electron chi connectivity index (χ3n) is 3.47. The van der Waals surface area contributed by atoms with Crippen LogP contribution in [0.2, 0.25) is 0 Å². The SMILES string of the molecule is CC(CN)(NC(=O)c1cc(O)cc(O)c1)C1CC1. The number of hydrogen-bond acceptors (Lipinski definition) is 4. The fraction of sp³-hybridized carbons (Fsp3) is 0.462. The fourth-order valence-corrected chi connectivity index (χ4v) is 2.10. The van der Waals surface area contributed by atoms with E-state index in [-0.39, 0.29) is 23.0 Å². The van der Waals surface area contributed by atoms with Crippen molar-refractivity contribution >= 4 is 5.91 Å². The molecular formula is C13H18N2O3. The molecule has 0 aliphatic heterocycles. The summed E-state index contributed by atoms with van der Waals surface area (Å²) in [4.78, 5) is 12.1. The van der Waals surface area contributed by atoms with Crippen LogP contribution < -0.4 is 11.1 Å². The Bertz CT molecular complexity index is 451. The highest BCUT2D eigenvalue weighted by Gasteiger charge is 2.41. The smallest absolute Gasteiger partial charge is 0.252 e. The molecule has 1 aromatic carbocycles. The number of rotatable bonds is 4. The summed E-state index contributed by atoms with van der Waals surface area (Å²) in [7, 11) is 0. The van der Waals surface area contributed by atoms with Crippen molar-refractivity contribution in [2.45, 2.75) is 25.3 Å². The summed E-state index contributed by atoms with van der Waals surface area (Å²) in [6.45, 7) is 2.29. The van der Waals surface area contributed by atoms with E-state index in [2.05, 4.69) is 5.32 Å². The van der Waals surface area contributed by atoms with Gasteiger partial charge in [-0.05, 0) is 37.8 Å². The van der Waals surface area contributed by atoms with Gasteiger partial charge in [0, 0.05) is 18.2 Å². The number of benzene rings is 1. The first-order valence-electron chi connectivity index (χ1n) is 6.00. The van der Waals surface area contributed by atoms with Crippen molar-refractivity contribution in [2.24, 2.45) is 11.7 Å². The Morgan fingerprint density at radius 1 is 1.39 bits per heavy atom. The molecule has 0 spiro atoms. The number of aromatic hydroxyl groups is 2. The molecule has 0 saturated heterocycles. The Labute approximate surface area is 106 Å². The van der Waals surface area contributed by atoms with Crippen LogP contribution >= 0.6 is 0 Å². The number of amides is 1. The van der Waals surface area contributed by atoms with Crippen LogP contribution in [0.1, 0.15) is 30.1 Å². The average Bonchev–Trinajstić information content (AvgIpc) is 3.11. The molecule has 1 unspecified atom stereocenters. The van der Waals surface area contributed by atoms with Crippen molar-refractivity contribution in [3.63, 3.8) is 0 Å². The number of nitrogens with two attached hydrogens (primary N) is 1. The van der Waals surface area contributed by atoms with Crippen LogP contribution in [0.25, 0.3) is 0 Å². The summed E-state index contributed by atoms with van der Waals surface area (Å²) in [6, 6.07) is 3.82. The molecule has 1 amide bonds. The quantitative estimate of drug-likeness (QED) is 0.640. The first-order valence-corrected chi connectivity index (χ1v) is 6.00. The predicted molar refractivity (Wildman–Crippen MR) is 67.4 cm³/mol. The topological polar surface area (TPSA) is 95.6 Å². The Morgan fingerprint density at radius 2 is 1.94 bits per heavy atom. The second-order valence-corrected chi connectivity index (χ2v) is 5.09. The van der Waals surface area contributed by atoms with Crippen LogP contribution in [-0.4, -0.2) is 28.2 Å².